The lowest BCUT2D eigenvalue weighted by atomic mass is 10.0. The van der Waals surface area contributed by atoms with Crippen LogP contribution in [0.15, 0.2) is 41.1 Å². The third kappa shape index (κ3) is 3.32. The minimum atomic E-state index is -0.250. The third-order valence-corrected chi connectivity index (χ3v) is 3.42. The zero-order valence-corrected chi connectivity index (χ0v) is 12.4. The van der Waals surface area contributed by atoms with Crippen molar-refractivity contribution in [2.45, 2.75) is 20.4 Å². The van der Waals surface area contributed by atoms with E-state index in [0.717, 1.165) is 4.47 Å². The minimum Gasteiger partial charge on any atom is -0.349 e. The Kier molecular flexibility index (Phi) is 4.20. The topological polar surface area (TPSA) is 22.0 Å². The summed E-state index contributed by atoms with van der Waals surface area (Å²) >= 11 is 3.23. The Bertz CT molecular complexity index is 604. The molecule has 2 nitrogen and oxygen atoms in total. The normalized spacial score (nSPS) is 11.0. The monoisotopic (exact) mass is 323 g/mol. The van der Waals surface area contributed by atoms with Gasteiger partial charge in [0.2, 0.25) is 0 Å². The van der Waals surface area contributed by atoms with Crippen molar-refractivity contribution in [1.29, 1.82) is 0 Å². The van der Waals surface area contributed by atoms with Crippen molar-refractivity contribution in [2.24, 2.45) is 5.92 Å². The van der Waals surface area contributed by atoms with Gasteiger partial charge in [-0.2, -0.15) is 0 Å². The maximum absolute atomic E-state index is 13.7. The molecule has 0 bridgehead atoms. The van der Waals surface area contributed by atoms with Gasteiger partial charge >= 0.3 is 0 Å². The molecule has 0 saturated heterocycles. The number of Topliss-reactive ketones (excluding diaryl/α,β-unsaturated/α-hetero) is 1. The summed E-state index contributed by atoms with van der Waals surface area (Å²) < 4.78 is 16.3. The molecule has 1 aromatic carbocycles. The number of carbonyl (C=O) groups is 1. The average Bonchev–Trinajstić information content (AvgIpc) is 2.80. The Labute approximate surface area is 120 Å². The van der Waals surface area contributed by atoms with Crippen LogP contribution in [0.4, 0.5) is 4.39 Å². The van der Waals surface area contributed by atoms with Gasteiger partial charge < -0.3 is 4.57 Å². The molecular weight excluding hydrogens is 309 g/mol. The van der Waals surface area contributed by atoms with Gasteiger partial charge in [0.15, 0.2) is 5.78 Å². The SMILES string of the molecule is CC(C)C(=O)c1ccn(Cc2ccc(Br)cc2F)c1. The molecule has 2 aromatic rings. The number of benzene rings is 1. The molecule has 0 amide bonds. The van der Waals surface area contributed by atoms with Gasteiger partial charge in [-0.3, -0.25) is 4.79 Å². The van der Waals surface area contributed by atoms with E-state index in [1.165, 1.54) is 6.07 Å². The molecule has 0 atom stereocenters. The number of hydrogen-bond donors (Lipinski definition) is 0. The molecule has 4 heteroatoms. The van der Waals surface area contributed by atoms with Gasteiger partial charge in [-0.25, -0.2) is 4.39 Å². The third-order valence-electron chi connectivity index (χ3n) is 2.93. The molecule has 0 fully saturated rings. The Hall–Kier alpha value is -1.42. The summed E-state index contributed by atoms with van der Waals surface area (Å²) in [6.45, 7) is 4.16. The molecule has 0 aliphatic carbocycles. The number of hydrogen-bond acceptors (Lipinski definition) is 1. The van der Waals surface area contributed by atoms with Gasteiger partial charge in [-0.1, -0.05) is 35.8 Å². The van der Waals surface area contributed by atoms with Crippen LogP contribution in [0, 0.1) is 11.7 Å². The molecule has 19 heavy (non-hydrogen) atoms. The first kappa shape index (κ1) is 14.0. The number of ketones is 1. The molecule has 0 saturated carbocycles. The molecule has 0 aliphatic heterocycles. The molecule has 0 N–H and O–H groups in total. The van der Waals surface area contributed by atoms with Crippen LogP contribution >= 0.6 is 15.9 Å². The second-order valence-corrected chi connectivity index (χ2v) is 5.74. The second-order valence-electron chi connectivity index (χ2n) is 4.83. The van der Waals surface area contributed by atoms with Crippen LogP contribution in [0.3, 0.4) is 0 Å². The van der Waals surface area contributed by atoms with Crippen molar-refractivity contribution < 1.29 is 9.18 Å². The lowest BCUT2D eigenvalue weighted by Crippen LogP contribution is -2.06. The van der Waals surface area contributed by atoms with Gasteiger partial charge in [0.1, 0.15) is 5.82 Å². The Balaban J connectivity index is 2.18. The summed E-state index contributed by atoms with van der Waals surface area (Å²) in [6, 6.07) is 6.77. The minimum absolute atomic E-state index is 0.0275. The van der Waals surface area contributed by atoms with Crippen molar-refractivity contribution in [3.8, 4) is 0 Å². The van der Waals surface area contributed by atoms with E-state index in [9.17, 15) is 9.18 Å². The number of aromatic nitrogens is 1. The molecule has 0 unspecified atom stereocenters. The first-order chi connectivity index (χ1) is 8.97. The Morgan fingerprint density at radius 1 is 1.37 bits per heavy atom. The maximum atomic E-state index is 13.7. The molecule has 0 spiro atoms. The molecular formula is C15H15BrFNO. The van der Waals surface area contributed by atoms with Crippen molar-refractivity contribution in [1.82, 2.24) is 4.57 Å². The van der Waals surface area contributed by atoms with Crippen molar-refractivity contribution >= 4 is 21.7 Å². The molecule has 100 valence electrons. The van der Waals surface area contributed by atoms with Crippen LogP contribution in [-0.4, -0.2) is 10.4 Å². The van der Waals surface area contributed by atoms with Crippen LogP contribution in [0.25, 0.3) is 0 Å². The van der Waals surface area contributed by atoms with E-state index in [2.05, 4.69) is 15.9 Å². The van der Waals surface area contributed by atoms with Crippen molar-refractivity contribution in [3.63, 3.8) is 0 Å². The Morgan fingerprint density at radius 3 is 2.74 bits per heavy atom. The van der Waals surface area contributed by atoms with Crippen LogP contribution in [0.1, 0.15) is 29.8 Å². The van der Waals surface area contributed by atoms with Crippen LogP contribution < -0.4 is 0 Å². The summed E-state index contributed by atoms with van der Waals surface area (Å²) in [4.78, 5) is 11.8. The van der Waals surface area contributed by atoms with Crippen molar-refractivity contribution in [3.05, 3.63) is 58.1 Å². The predicted molar refractivity (Wildman–Crippen MR) is 76.8 cm³/mol. The van der Waals surface area contributed by atoms with Crippen LogP contribution in [-0.2, 0) is 6.54 Å². The van der Waals surface area contributed by atoms with E-state index in [1.54, 1.807) is 24.5 Å². The Morgan fingerprint density at radius 2 is 2.11 bits per heavy atom. The summed E-state index contributed by atoms with van der Waals surface area (Å²) in [5.41, 5.74) is 1.27. The molecule has 2 rings (SSSR count). The van der Waals surface area contributed by atoms with Crippen LogP contribution in [0.2, 0.25) is 0 Å². The fourth-order valence-corrected chi connectivity index (χ4v) is 2.20. The van der Waals surface area contributed by atoms with Gasteiger partial charge in [0.05, 0.1) is 0 Å². The van der Waals surface area contributed by atoms with E-state index < -0.39 is 0 Å². The van der Waals surface area contributed by atoms with E-state index in [-0.39, 0.29) is 17.5 Å². The number of rotatable bonds is 4. The van der Waals surface area contributed by atoms with Crippen molar-refractivity contribution in [2.75, 3.05) is 0 Å². The highest BCUT2D eigenvalue weighted by molar-refractivity contribution is 9.10. The highest BCUT2D eigenvalue weighted by atomic mass is 79.9. The van der Waals surface area contributed by atoms with E-state index >= 15 is 0 Å². The van der Waals surface area contributed by atoms with E-state index in [0.29, 0.717) is 17.7 Å². The number of carbonyl (C=O) groups excluding carboxylic acids is 1. The maximum Gasteiger partial charge on any atom is 0.166 e. The summed E-state index contributed by atoms with van der Waals surface area (Å²) in [6.07, 6.45) is 3.57. The highest BCUT2D eigenvalue weighted by Gasteiger charge is 2.12. The smallest absolute Gasteiger partial charge is 0.166 e. The van der Waals surface area contributed by atoms with Gasteiger partial charge in [0, 0.05) is 40.5 Å². The molecule has 1 heterocycles. The first-order valence-corrected chi connectivity index (χ1v) is 6.90. The summed E-state index contributed by atoms with van der Waals surface area (Å²) in [7, 11) is 0. The average molecular weight is 324 g/mol. The lowest BCUT2D eigenvalue weighted by Gasteiger charge is -2.05. The van der Waals surface area contributed by atoms with Gasteiger partial charge in [-0.15, -0.1) is 0 Å². The number of halogens is 2. The van der Waals surface area contributed by atoms with Gasteiger partial charge in [0.25, 0.3) is 0 Å². The predicted octanol–water partition coefficient (Wildman–Crippen LogP) is 4.28. The second kappa shape index (κ2) is 5.70. The van der Waals surface area contributed by atoms with E-state index in [4.69, 9.17) is 0 Å². The molecule has 0 aliphatic rings. The van der Waals surface area contributed by atoms with Crippen LogP contribution in [0.5, 0.6) is 0 Å². The lowest BCUT2D eigenvalue weighted by molar-refractivity contribution is 0.0939. The largest absolute Gasteiger partial charge is 0.349 e. The van der Waals surface area contributed by atoms with Gasteiger partial charge in [-0.05, 0) is 18.2 Å². The fourth-order valence-electron chi connectivity index (χ4n) is 1.86. The summed E-state index contributed by atoms with van der Waals surface area (Å²) in [5, 5.41) is 0. The van der Waals surface area contributed by atoms with E-state index in [1.807, 2.05) is 24.5 Å². The molecule has 0 radical (unpaired) electrons. The zero-order chi connectivity index (χ0) is 14.0. The summed E-state index contributed by atoms with van der Waals surface area (Å²) in [5.74, 6) is -0.171. The quantitative estimate of drug-likeness (QED) is 0.770. The fraction of sp³-hybridized carbons (Fsp3) is 0.267. The first-order valence-electron chi connectivity index (χ1n) is 6.11. The number of nitrogens with zero attached hydrogens (tertiary/aromatic N) is 1. The molecule has 1 aromatic heterocycles. The zero-order valence-electron chi connectivity index (χ0n) is 10.9. The highest BCUT2D eigenvalue weighted by Crippen LogP contribution is 2.17. The standard InChI is InChI=1S/C15H15BrFNO/c1-10(2)15(19)12-5-6-18(9-12)8-11-3-4-13(16)7-14(11)17/h3-7,9-10H,8H2,1-2H3.